The standard InChI is InChI=1S/C15H12N4O6S/c1-25-12-7-10(19(21)22)6-9(14(12)20)8-16-17-15-11-4-2-3-5-13(11)26(23,24)18-15/h2-8,20H,1H3,(H,17,18)/p-1/b16-8-. The van der Waals surface area contributed by atoms with E-state index in [1.807, 2.05) is 0 Å². The number of hydrazone groups is 1. The largest absolute Gasteiger partial charge is 0.870 e. The number of benzene rings is 2. The van der Waals surface area contributed by atoms with Gasteiger partial charge in [-0.1, -0.05) is 17.9 Å². The van der Waals surface area contributed by atoms with Gasteiger partial charge in [-0.3, -0.25) is 15.5 Å². The highest BCUT2D eigenvalue weighted by molar-refractivity contribution is 7.90. The Morgan fingerprint density at radius 3 is 2.73 bits per heavy atom. The number of nitro groups is 1. The second-order valence-electron chi connectivity index (χ2n) is 5.10. The van der Waals surface area contributed by atoms with Gasteiger partial charge in [-0.25, -0.2) is 0 Å². The first-order valence-electron chi connectivity index (χ1n) is 7.10. The third kappa shape index (κ3) is 3.07. The summed E-state index contributed by atoms with van der Waals surface area (Å²) in [6.07, 6.45) is 1.04. The third-order valence-electron chi connectivity index (χ3n) is 3.50. The average molecular weight is 375 g/mol. The third-order valence-corrected chi connectivity index (χ3v) is 4.84. The lowest BCUT2D eigenvalue weighted by Crippen LogP contribution is -2.17. The normalized spacial score (nSPS) is 14.7. The van der Waals surface area contributed by atoms with E-state index in [4.69, 9.17) is 4.74 Å². The van der Waals surface area contributed by atoms with E-state index in [-0.39, 0.29) is 27.7 Å². The Bertz CT molecular complexity index is 1060. The lowest BCUT2D eigenvalue weighted by molar-refractivity contribution is -0.385. The highest BCUT2D eigenvalue weighted by Crippen LogP contribution is 2.31. The molecule has 0 atom stereocenters. The molecule has 1 aliphatic heterocycles. The van der Waals surface area contributed by atoms with Gasteiger partial charge in [0.05, 0.1) is 24.3 Å². The molecule has 2 aromatic rings. The maximum Gasteiger partial charge on any atom is 0.285 e. The zero-order valence-electron chi connectivity index (χ0n) is 13.2. The summed E-state index contributed by atoms with van der Waals surface area (Å²) in [7, 11) is -2.59. The van der Waals surface area contributed by atoms with Crippen molar-refractivity contribution in [2.75, 3.05) is 7.11 Å². The van der Waals surface area contributed by atoms with Crippen LogP contribution in [0.5, 0.6) is 11.5 Å². The van der Waals surface area contributed by atoms with Gasteiger partial charge < -0.3 is 9.84 Å². The quantitative estimate of drug-likeness (QED) is 0.471. The fourth-order valence-corrected chi connectivity index (χ4v) is 3.48. The molecule has 134 valence electrons. The van der Waals surface area contributed by atoms with Crippen LogP contribution in [-0.4, -0.2) is 32.5 Å². The molecule has 0 spiro atoms. The van der Waals surface area contributed by atoms with Crippen LogP contribution in [0, 0.1) is 10.1 Å². The predicted octanol–water partition coefficient (Wildman–Crippen LogP) is 0.750. The number of rotatable bonds is 4. The summed E-state index contributed by atoms with van der Waals surface area (Å²) in [6, 6.07) is 8.22. The van der Waals surface area contributed by atoms with Crippen LogP contribution < -0.4 is 15.3 Å². The van der Waals surface area contributed by atoms with Gasteiger partial charge in [0.2, 0.25) is 0 Å². The predicted molar refractivity (Wildman–Crippen MR) is 90.0 cm³/mol. The summed E-state index contributed by atoms with van der Waals surface area (Å²) in [5.74, 6) is -0.807. The Kier molecular flexibility index (Phi) is 4.30. The molecule has 1 heterocycles. The number of nitrogens with one attached hydrogen (secondary N) is 1. The number of nitro benzene ring substituents is 1. The van der Waals surface area contributed by atoms with Gasteiger partial charge in [-0.05, 0) is 17.7 Å². The summed E-state index contributed by atoms with van der Waals surface area (Å²) < 4.78 is 32.3. The van der Waals surface area contributed by atoms with E-state index >= 15 is 0 Å². The van der Waals surface area contributed by atoms with Crippen LogP contribution in [0.3, 0.4) is 0 Å². The second-order valence-corrected chi connectivity index (χ2v) is 6.68. The molecule has 26 heavy (non-hydrogen) atoms. The number of non-ortho nitro benzene ring substituents is 1. The fourth-order valence-electron chi connectivity index (χ4n) is 2.31. The molecular formula is C15H11N4O6S-. The molecule has 0 unspecified atom stereocenters. The Morgan fingerprint density at radius 1 is 1.31 bits per heavy atom. The van der Waals surface area contributed by atoms with Gasteiger partial charge in [-0.15, -0.1) is 4.40 Å². The second kappa shape index (κ2) is 6.44. The van der Waals surface area contributed by atoms with E-state index in [0.29, 0.717) is 5.56 Å². The van der Waals surface area contributed by atoms with Crippen LogP contribution in [0.15, 0.2) is 50.8 Å². The van der Waals surface area contributed by atoms with E-state index in [9.17, 15) is 23.6 Å². The van der Waals surface area contributed by atoms with E-state index < -0.39 is 20.7 Å². The SMILES string of the molecule is COc1cc([N+](=O)[O-])cc(/C=N\NC2=NS(=O)(=O)c3ccccc32)c1[O-]. The highest BCUT2D eigenvalue weighted by atomic mass is 32.2. The Balaban J connectivity index is 1.91. The summed E-state index contributed by atoms with van der Waals surface area (Å²) in [6.45, 7) is 0. The fraction of sp³-hybridized carbons (Fsp3) is 0.0667. The van der Waals surface area contributed by atoms with Gasteiger partial charge in [0.15, 0.2) is 5.84 Å². The summed E-state index contributed by atoms with van der Waals surface area (Å²) in [4.78, 5) is 10.3. The van der Waals surface area contributed by atoms with Gasteiger partial charge in [0.1, 0.15) is 10.6 Å². The van der Waals surface area contributed by atoms with Crippen molar-refractivity contribution < 1.29 is 23.2 Å². The number of methoxy groups -OCH3 is 1. The van der Waals surface area contributed by atoms with Crippen LogP contribution in [0.2, 0.25) is 0 Å². The van der Waals surface area contributed by atoms with Crippen LogP contribution in [-0.2, 0) is 10.0 Å². The molecule has 1 N–H and O–H groups in total. The Morgan fingerprint density at radius 2 is 2.04 bits per heavy atom. The number of sulfonamides is 1. The number of hydrogen-bond donors (Lipinski definition) is 1. The Labute approximate surface area is 147 Å². The number of amidine groups is 1. The Hall–Kier alpha value is -3.47. The summed E-state index contributed by atoms with van der Waals surface area (Å²) >= 11 is 0. The molecule has 3 rings (SSSR count). The molecule has 0 amide bonds. The maximum atomic E-state index is 12.1. The van der Waals surface area contributed by atoms with Gasteiger partial charge >= 0.3 is 0 Å². The van der Waals surface area contributed by atoms with Crippen molar-refractivity contribution in [1.29, 1.82) is 0 Å². The molecule has 10 nitrogen and oxygen atoms in total. The molecular weight excluding hydrogens is 364 g/mol. The van der Waals surface area contributed by atoms with Gasteiger partial charge in [0, 0.05) is 11.6 Å². The first-order chi connectivity index (χ1) is 12.3. The first kappa shape index (κ1) is 17.4. The maximum absolute atomic E-state index is 12.1. The molecule has 0 saturated carbocycles. The lowest BCUT2D eigenvalue weighted by Gasteiger charge is -2.14. The average Bonchev–Trinajstić information content (AvgIpc) is 2.87. The number of ether oxygens (including phenoxy) is 1. The van der Waals surface area contributed by atoms with Crippen molar-refractivity contribution in [3.05, 3.63) is 57.6 Å². The van der Waals surface area contributed by atoms with Crippen molar-refractivity contribution in [1.82, 2.24) is 5.43 Å². The van der Waals surface area contributed by atoms with E-state index in [2.05, 4.69) is 14.9 Å². The summed E-state index contributed by atoms with van der Waals surface area (Å²) in [5.41, 5.74) is 2.35. The smallest absolute Gasteiger partial charge is 0.285 e. The van der Waals surface area contributed by atoms with Gasteiger partial charge in [-0.2, -0.15) is 13.5 Å². The van der Waals surface area contributed by atoms with E-state index in [1.54, 1.807) is 18.2 Å². The minimum atomic E-state index is -3.81. The highest BCUT2D eigenvalue weighted by Gasteiger charge is 2.28. The molecule has 11 heteroatoms. The monoisotopic (exact) mass is 375 g/mol. The molecule has 0 aromatic heterocycles. The number of fused-ring (bicyclic) bond motifs is 1. The number of hydrogen-bond acceptors (Lipinski definition) is 8. The van der Waals surface area contributed by atoms with Crippen LogP contribution in [0.25, 0.3) is 0 Å². The van der Waals surface area contributed by atoms with Crippen molar-refractivity contribution in [2.45, 2.75) is 4.90 Å². The number of nitrogens with zero attached hydrogens (tertiary/aromatic N) is 3. The molecule has 0 fully saturated rings. The molecule has 0 bridgehead atoms. The molecule has 0 saturated heterocycles. The van der Waals surface area contributed by atoms with Crippen molar-refractivity contribution in [3.63, 3.8) is 0 Å². The summed E-state index contributed by atoms with van der Waals surface area (Å²) in [5, 5.41) is 26.8. The van der Waals surface area contributed by atoms with Crippen LogP contribution in [0.1, 0.15) is 11.1 Å². The minimum Gasteiger partial charge on any atom is -0.870 e. The van der Waals surface area contributed by atoms with Crippen LogP contribution >= 0.6 is 0 Å². The zero-order chi connectivity index (χ0) is 18.9. The molecule has 1 aliphatic rings. The van der Waals surface area contributed by atoms with Crippen molar-refractivity contribution in [3.8, 4) is 11.5 Å². The topological polar surface area (TPSA) is 146 Å². The van der Waals surface area contributed by atoms with E-state index in [0.717, 1.165) is 18.3 Å². The van der Waals surface area contributed by atoms with Crippen molar-refractivity contribution in [2.24, 2.45) is 9.50 Å². The minimum absolute atomic E-state index is 0.0123. The van der Waals surface area contributed by atoms with Crippen molar-refractivity contribution >= 4 is 27.8 Å². The molecule has 0 radical (unpaired) electrons. The van der Waals surface area contributed by atoms with Crippen LogP contribution in [0.4, 0.5) is 5.69 Å². The van der Waals surface area contributed by atoms with Gasteiger partial charge in [0.25, 0.3) is 15.7 Å². The zero-order valence-corrected chi connectivity index (χ0v) is 14.1. The molecule has 2 aromatic carbocycles. The first-order valence-corrected chi connectivity index (χ1v) is 8.54. The lowest BCUT2D eigenvalue weighted by atomic mass is 10.1. The van der Waals surface area contributed by atoms with E-state index in [1.165, 1.54) is 13.2 Å². The molecule has 0 aliphatic carbocycles.